The van der Waals surface area contributed by atoms with Crippen LogP contribution in [0.3, 0.4) is 0 Å². The molecule has 0 radical (unpaired) electrons. The number of hydrogen-bond donors (Lipinski definition) is 1. The van der Waals surface area contributed by atoms with E-state index in [4.69, 9.17) is 10.5 Å². The van der Waals surface area contributed by atoms with Crippen LogP contribution < -0.4 is 10.5 Å². The van der Waals surface area contributed by atoms with Crippen LogP contribution in [0, 0.1) is 5.92 Å². The minimum absolute atomic E-state index is 0.683. The zero-order valence-corrected chi connectivity index (χ0v) is 16.3. The second-order valence-corrected chi connectivity index (χ2v) is 8.69. The van der Waals surface area contributed by atoms with Crippen molar-refractivity contribution >= 4 is 0 Å². The van der Waals surface area contributed by atoms with E-state index >= 15 is 0 Å². The number of piperidine rings is 1. The minimum Gasteiger partial charge on any atom is -0.493 e. The summed E-state index contributed by atoms with van der Waals surface area (Å²) >= 11 is 0. The Labute approximate surface area is 159 Å². The van der Waals surface area contributed by atoms with Gasteiger partial charge in [-0.05, 0) is 119 Å². The van der Waals surface area contributed by atoms with E-state index in [0.29, 0.717) is 5.92 Å². The summed E-state index contributed by atoms with van der Waals surface area (Å²) in [7, 11) is 0. The van der Waals surface area contributed by atoms with Gasteiger partial charge in [-0.2, -0.15) is 0 Å². The number of rotatable bonds is 8. The molecule has 0 spiro atoms. The Balaban J connectivity index is 1.45. The van der Waals surface area contributed by atoms with Gasteiger partial charge in [0.05, 0.1) is 6.61 Å². The Morgan fingerprint density at radius 3 is 2.58 bits per heavy atom. The summed E-state index contributed by atoms with van der Waals surface area (Å²) in [4.78, 5) is 2.63. The van der Waals surface area contributed by atoms with E-state index in [1.807, 2.05) is 0 Å². The molecule has 26 heavy (non-hydrogen) atoms. The van der Waals surface area contributed by atoms with Crippen molar-refractivity contribution < 1.29 is 4.74 Å². The first-order valence-electron chi connectivity index (χ1n) is 11.0. The second-order valence-electron chi connectivity index (χ2n) is 8.69. The number of aryl methyl sites for hydroxylation is 1. The van der Waals surface area contributed by atoms with Crippen LogP contribution in [-0.4, -0.2) is 37.7 Å². The van der Waals surface area contributed by atoms with Gasteiger partial charge in [-0.25, -0.2) is 0 Å². The number of hydrogen-bond acceptors (Lipinski definition) is 3. The monoisotopic (exact) mass is 356 g/mol. The Bertz CT molecular complexity index is 588. The molecule has 0 atom stereocenters. The largest absolute Gasteiger partial charge is 0.493 e. The Kier molecular flexibility index (Phi) is 6.16. The predicted octanol–water partition coefficient (Wildman–Crippen LogP) is 4.27. The molecule has 2 N–H and O–H groups in total. The highest BCUT2D eigenvalue weighted by Gasteiger charge is 2.28. The lowest BCUT2D eigenvalue weighted by Gasteiger charge is -2.34. The highest BCUT2D eigenvalue weighted by molar-refractivity contribution is 5.49. The number of nitrogens with zero attached hydrogens (tertiary/aromatic N) is 1. The number of fused-ring (bicyclic) bond motifs is 1. The Morgan fingerprint density at radius 2 is 1.81 bits per heavy atom. The zero-order valence-electron chi connectivity index (χ0n) is 16.3. The van der Waals surface area contributed by atoms with E-state index in [9.17, 15) is 0 Å². The van der Waals surface area contributed by atoms with Crippen LogP contribution in [0.4, 0.5) is 0 Å². The molecule has 3 heteroatoms. The Hall–Kier alpha value is -1.06. The lowest BCUT2D eigenvalue weighted by molar-refractivity contribution is 0.206. The van der Waals surface area contributed by atoms with Crippen LogP contribution in [0.25, 0.3) is 0 Å². The number of ether oxygens (including phenoxy) is 1. The molecule has 144 valence electrons. The van der Waals surface area contributed by atoms with E-state index in [-0.39, 0.29) is 0 Å². The van der Waals surface area contributed by atoms with Gasteiger partial charge < -0.3 is 15.4 Å². The van der Waals surface area contributed by atoms with Crippen LogP contribution in [0.2, 0.25) is 0 Å². The van der Waals surface area contributed by atoms with Gasteiger partial charge in [0, 0.05) is 0 Å². The molecule has 0 amide bonds. The molecule has 2 aliphatic carbocycles. The summed E-state index contributed by atoms with van der Waals surface area (Å²) in [5, 5.41) is 0. The van der Waals surface area contributed by atoms with Crippen LogP contribution in [-0.2, 0) is 12.8 Å². The average Bonchev–Trinajstić information content (AvgIpc) is 3.51. The molecule has 2 fully saturated rings. The summed E-state index contributed by atoms with van der Waals surface area (Å²) in [6.07, 6.45) is 12.8. The third kappa shape index (κ3) is 4.43. The van der Waals surface area contributed by atoms with Crippen LogP contribution in [0.1, 0.15) is 74.0 Å². The van der Waals surface area contributed by atoms with Gasteiger partial charge in [0.2, 0.25) is 0 Å². The standard InChI is InChI=1S/C23H36N2O/c24-13-3-4-14-25-15-11-20(12-16-25)22-10-9-19-5-1-2-6-21(19)23(22)26-17-18-7-8-18/h9-10,18,20H,1-8,11-17,24H2. The third-order valence-corrected chi connectivity index (χ3v) is 6.63. The van der Waals surface area contributed by atoms with Crippen molar-refractivity contribution in [3.8, 4) is 5.75 Å². The fourth-order valence-electron chi connectivity index (χ4n) is 4.74. The van der Waals surface area contributed by atoms with E-state index in [1.54, 1.807) is 11.1 Å². The lowest BCUT2D eigenvalue weighted by atomic mass is 9.83. The first kappa shape index (κ1) is 18.3. The second kappa shape index (κ2) is 8.75. The van der Waals surface area contributed by atoms with Crippen molar-refractivity contribution in [2.75, 3.05) is 32.8 Å². The number of unbranched alkanes of at least 4 members (excludes halogenated alkanes) is 1. The van der Waals surface area contributed by atoms with Crippen LogP contribution >= 0.6 is 0 Å². The van der Waals surface area contributed by atoms with Crippen molar-refractivity contribution in [1.29, 1.82) is 0 Å². The Morgan fingerprint density at radius 1 is 1.00 bits per heavy atom. The molecule has 1 aromatic carbocycles. The first-order chi connectivity index (χ1) is 12.8. The van der Waals surface area contributed by atoms with Gasteiger partial charge in [0.25, 0.3) is 0 Å². The molecule has 4 rings (SSSR count). The molecule has 0 unspecified atom stereocenters. The van der Waals surface area contributed by atoms with Crippen LogP contribution in [0.15, 0.2) is 12.1 Å². The lowest BCUT2D eigenvalue weighted by Crippen LogP contribution is -2.34. The van der Waals surface area contributed by atoms with E-state index < -0.39 is 0 Å². The maximum atomic E-state index is 6.49. The number of nitrogens with two attached hydrogens (primary N) is 1. The third-order valence-electron chi connectivity index (χ3n) is 6.63. The normalized spacial score (nSPS) is 21.6. The molecule has 1 aromatic rings. The zero-order chi connectivity index (χ0) is 17.8. The van der Waals surface area contributed by atoms with Crippen molar-refractivity contribution in [3.05, 3.63) is 28.8 Å². The van der Waals surface area contributed by atoms with Gasteiger partial charge in [-0.3, -0.25) is 0 Å². The van der Waals surface area contributed by atoms with Crippen molar-refractivity contribution in [3.63, 3.8) is 0 Å². The quantitative estimate of drug-likeness (QED) is 0.707. The smallest absolute Gasteiger partial charge is 0.126 e. The molecule has 3 aliphatic rings. The highest BCUT2D eigenvalue weighted by atomic mass is 16.5. The van der Waals surface area contributed by atoms with Gasteiger partial charge in [0.15, 0.2) is 0 Å². The van der Waals surface area contributed by atoms with E-state index in [1.165, 1.54) is 88.7 Å². The molecule has 1 saturated heterocycles. The average molecular weight is 357 g/mol. The summed E-state index contributed by atoms with van der Waals surface area (Å²) in [6.45, 7) is 5.45. The minimum atomic E-state index is 0.683. The predicted molar refractivity (Wildman–Crippen MR) is 108 cm³/mol. The fraction of sp³-hybridized carbons (Fsp3) is 0.739. The number of benzene rings is 1. The van der Waals surface area contributed by atoms with E-state index in [2.05, 4.69) is 17.0 Å². The summed E-state index contributed by atoms with van der Waals surface area (Å²) in [6, 6.07) is 4.84. The topological polar surface area (TPSA) is 38.5 Å². The molecule has 1 aliphatic heterocycles. The molecule has 0 aromatic heterocycles. The van der Waals surface area contributed by atoms with Gasteiger partial charge in [-0.15, -0.1) is 0 Å². The van der Waals surface area contributed by atoms with Gasteiger partial charge >= 0.3 is 0 Å². The summed E-state index contributed by atoms with van der Waals surface area (Å²) in [5.41, 5.74) is 10.3. The molecule has 3 nitrogen and oxygen atoms in total. The van der Waals surface area contributed by atoms with E-state index in [0.717, 1.165) is 25.5 Å². The van der Waals surface area contributed by atoms with Gasteiger partial charge in [-0.1, -0.05) is 12.1 Å². The van der Waals surface area contributed by atoms with Crippen molar-refractivity contribution in [1.82, 2.24) is 4.90 Å². The maximum absolute atomic E-state index is 6.49. The molecule has 0 bridgehead atoms. The molecular formula is C23H36N2O. The fourth-order valence-corrected chi connectivity index (χ4v) is 4.74. The number of likely N-dealkylation sites (tertiary alicyclic amines) is 1. The highest BCUT2D eigenvalue weighted by Crippen LogP contribution is 2.41. The molecule has 1 saturated carbocycles. The van der Waals surface area contributed by atoms with Gasteiger partial charge in [0.1, 0.15) is 5.75 Å². The maximum Gasteiger partial charge on any atom is 0.126 e. The van der Waals surface area contributed by atoms with Crippen LogP contribution in [0.5, 0.6) is 5.75 Å². The summed E-state index contributed by atoms with van der Waals surface area (Å²) < 4.78 is 6.49. The first-order valence-corrected chi connectivity index (χ1v) is 11.0. The molecular weight excluding hydrogens is 320 g/mol. The van der Waals surface area contributed by atoms with Crippen molar-refractivity contribution in [2.45, 2.75) is 70.1 Å². The SMILES string of the molecule is NCCCCN1CCC(c2ccc3c(c2OCC2CC2)CCCC3)CC1. The van der Waals surface area contributed by atoms with Crippen molar-refractivity contribution in [2.24, 2.45) is 11.7 Å². The molecule has 1 heterocycles. The summed E-state index contributed by atoms with van der Waals surface area (Å²) in [5.74, 6) is 2.81.